The van der Waals surface area contributed by atoms with Crippen molar-refractivity contribution in [1.82, 2.24) is 4.90 Å². The van der Waals surface area contributed by atoms with E-state index in [9.17, 15) is 9.59 Å². The van der Waals surface area contributed by atoms with E-state index in [0.29, 0.717) is 28.6 Å². The molecule has 0 aliphatic carbocycles. The Labute approximate surface area is 198 Å². The number of aliphatic imine (C=N–C) groups is 1. The maximum Gasteiger partial charge on any atom is 0.338 e. The van der Waals surface area contributed by atoms with Crippen LogP contribution in [-0.4, -0.2) is 40.3 Å². The monoisotopic (exact) mass is 462 g/mol. The van der Waals surface area contributed by atoms with Crippen LogP contribution in [0, 0.1) is 0 Å². The smallest absolute Gasteiger partial charge is 0.338 e. The number of hydrogen-bond donors (Lipinski definition) is 0. The molecule has 0 bridgehead atoms. The first kappa shape index (κ1) is 22.9. The Morgan fingerprint density at radius 2 is 1.88 bits per heavy atom. The van der Waals surface area contributed by atoms with Crippen molar-refractivity contribution < 1.29 is 19.1 Å². The van der Waals surface area contributed by atoms with E-state index in [1.54, 1.807) is 18.9 Å². The van der Waals surface area contributed by atoms with E-state index in [4.69, 9.17) is 9.47 Å². The molecule has 170 valence electrons. The third-order valence-electron chi connectivity index (χ3n) is 5.59. The van der Waals surface area contributed by atoms with Gasteiger partial charge in [0, 0.05) is 5.56 Å². The van der Waals surface area contributed by atoms with Gasteiger partial charge in [0.25, 0.3) is 0 Å². The van der Waals surface area contributed by atoms with E-state index in [2.05, 4.69) is 4.99 Å². The molecule has 2 atom stereocenters. The van der Waals surface area contributed by atoms with Crippen molar-refractivity contribution >= 4 is 34.9 Å². The van der Waals surface area contributed by atoms with Crippen molar-refractivity contribution in [3.8, 4) is 5.75 Å². The lowest BCUT2D eigenvalue weighted by Gasteiger charge is -2.30. The summed E-state index contributed by atoms with van der Waals surface area (Å²) >= 11 is 1.45. The van der Waals surface area contributed by atoms with Crippen LogP contribution in [0.1, 0.15) is 31.4 Å². The number of benzene rings is 2. The number of para-hydroxylation sites is 1. The standard InChI is InChI=1S/C26H26N2O4S/c1-4-22-24(29)28-20(15-14-19-12-8-9-13-21(19)31-3)23(17(2)27-26(28)33-22)25(30)32-16-18-10-6-5-7-11-18/h5-15,20,22H,4,16H2,1-3H3/b15-14+/t20-,22-/m1/s1. The van der Waals surface area contributed by atoms with E-state index < -0.39 is 12.0 Å². The summed E-state index contributed by atoms with van der Waals surface area (Å²) in [5, 5.41) is 0.414. The summed E-state index contributed by atoms with van der Waals surface area (Å²) in [6.07, 6.45) is 4.42. The summed E-state index contributed by atoms with van der Waals surface area (Å²) in [6.45, 7) is 3.91. The number of carbonyl (C=O) groups excluding carboxylic acids is 2. The molecule has 2 heterocycles. The summed E-state index contributed by atoms with van der Waals surface area (Å²) in [6, 6.07) is 16.5. The van der Waals surface area contributed by atoms with Crippen LogP contribution in [0.25, 0.3) is 6.08 Å². The Kier molecular flexibility index (Phi) is 6.99. The number of methoxy groups -OCH3 is 1. The predicted molar refractivity (Wildman–Crippen MR) is 131 cm³/mol. The normalized spacial score (nSPS) is 20.2. The number of esters is 1. The molecule has 0 spiro atoms. The summed E-state index contributed by atoms with van der Waals surface area (Å²) in [4.78, 5) is 32.6. The van der Waals surface area contributed by atoms with Gasteiger partial charge >= 0.3 is 5.97 Å². The van der Waals surface area contributed by atoms with Crippen molar-refractivity contribution in [1.29, 1.82) is 0 Å². The zero-order valence-electron chi connectivity index (χ0n) is 18.9. The summed E-state index contributed by atoms with van der Waals surface area (Å²) < 4.78 is 11.1. The molecule has 33 heavy (non-hydrogen) atoms. The number of hydrogen-bond acceptors (Lipinski definition) is 6. The molecule has 0 unspecified atom stereocenters. The fourth-order valence-electron chi connectivity index (χ4n) is 3.88. The van der Waals surface area contributed by atoms with Gasteiger partial charge in [-0.2, -0.15) is 0 Å². The van der Waals surface area contributed by atoms with Crippen LogP contribution in [0.5, 0.6) is 5.75 Å². The largest absolute Gasteiger partial charge is 0.496 e. The maximum absolute atomic E-state index is 13.2. The molecule has 2 aromatic rings. The van der Waals surface area contributed by atoms with Gasteiger partial charge in [0.2, 0.25) is 5.91 Å². The fraction of sp³-hybridized carbons (Fsp3) is 0.269. The van der Waals surface area contributed by atoms with Gasteiger partial charge < -0.3 is 9.47 Å². The molecule has 2 aliphatic heterocycles. The van der Waals surface area contributed by atoms with Crippen LogP contribution in [-0.2, 0) is 20.9 Å². The molecule has 4 rings (SSSR count). The molecule has 1 saturated heterocycles. The lowest BCUT2D eigenvalue weighted by atomic mass is 10.00. The fourth-order valence-corrected chi connectivity index (χ4v) is 5.02. The highest BCUT2D eigenvalue weighted by Crippen LogP contribution is 2.38. The Morgan fingerprint density at radius 3 is 2.61 bits per heavy atom. The van der Waals surface area contributed by atoms with Gasteiger partial charge in [-0.05, 0) is 25.0 Å². The van der Waals surface area contributed by atoms with Crippen LogP contribution in [0.2, 0.25) is 0 Å². The number of rotatable bonds is 7. The molecule has 1 amide bonds. The third-order valence-corrected chi connectivity index (χ3v) is 6.91. The minimum atomic E-state index is -0.609. The van der Waals surface area contributed by atoms with Gasteiger partial charge in [0.15, 0.2) is 5.17 Å². The van der Waals surface area contributed by atoms with E-state index in [-0.39, 0.29) is 17.8 Å². The van der Waals surface area contributed by atoms with Gasteiger partial charge in [-0.25, -0.2) is 9.79 Å². The summed E-state index contributed by atoms with van der Waals surface area (Å²) in [5.74, 6) is 0.185. The minimum absolute atomic E-state index is 0.0446. The molecule has 0 aromatic heterocycles. The lowest BCUT2D eigenvalue weighted by molar-refractivity contribution is -0.141. The van der Waals surface area contributed by atoms with E-state index in [0.717, 1.165) is 11.1 Å². The van der Waals surface area contributed by atoms with Crippen LogP contribution in [0.4, 0.5) is 0 Å². The second-order valence-corrected chi connectivity index (χ2v) is 8.89. The first-order valence-corrected chi connectivity index (χ1v) is 11.7. The lowest BCUT2D eigenvalue weighted by Crippen LogP contribution is -2.45. The number of carbonyl (C=O) groups is 2. The second kappa shape index (κ2) is 10.1. The van der Waals surface area contributed by atoms with Crippen molar-refractivity contribution in [3.63, 3.8) is 0 Å². The van der Waals surface area contributed by atoms with Crippen molar-refractivity contribution in [2.45, 2.75) is 38.2 Å². The van der Waals surface area contributed by atoms with E-state index in [1.807, 2.05) is 73.7 Å². The number of thioether (sulfide) groups is 1. The first-order chi connectivity index (χ1) is 16.0. The zero-order valence-corrected chi connectivity index (χ0v) is 19.7. The quantitative estimate of drug-likeness (QED) is 0.552. The van der Waals surface area contributed by atoms with Crippen LogP contribution in [0.3, 0.4) is 0 Å². The molecule has 0 N–H and O–H groups in total. The molecule has 0 radical (unpaired) electrons. The van der Waals surface area contributed by atoms with E-state index >= 15 is 0 Å². The molecule has 7 heteroatoms. The third kappa shape index (κ3) is 4.73. The number of amidine groups is 1. The minimum Gasteiger partial charge on any atom is -0.496 e. The predicted octanol–water partition coefficient (Wildman–Crippen LogP) is 4.82. The van der Waals surface area contributed by atoms with Crippen molar-refractivity contribution in [2.75, 3.05) is 7.11 Å². The second-order valence-electron chi connectivity index (χ2n) is 7.72. The SMILES string of the molecule is CC[C@H]1SC2=NC(C)=C(C(=O)OCc3ccccc3)[C@@H](/C=C/c3ccccc3OC)N2C1=O. The average molecular weight is 463 g/mol. The molecular weight excluding hydrogens is 436 g/mol. The van der Waals surface area contributed by atoms with Crippen LogP contribution in [0.15, 0.2) is 76.9 Å². The van der Waals surface area contributed by atoms with Gasteiger partial charge in [-0.1, -0.05) is 79.4 Å². The number of nitrogens with zero attached hydrogens (tertiary/aromatic N) is 2. The Bertz CT molecular complexity index is 1140. The van der Waals surface area contributed by atoms with Crippen LogP contribution >= 0.6 is 11.8 Å². The average Bonchev–Trinajstić information content (AvgIpc) is 3.16. The maximum atomic E-state index is 13.2. The Morgan fingerprint density at radius 1 is 1.15 bits per heavy atom. The van der Waals surface area contributed by atoms with Crippen LogP contribution < -0.4 is 4.74 Å². The molecule has 6 nitrogen and oxygen atoms in total. The van der Waals surface area contributed by atoms with Gasteiger partial charge in [-0.15, -0.1) is 0 Å². The van der Waals surface area contributed by atoms with Crippen molar-refractivity contribution in [2.24, 2.45) is 4.99 Å². The molecular formula is C26H26N2O4S. The molecule has 2 aromatic carbocycles. The van der Waals surface area contributed by atoms with Gasteiger partial charge in [-0.3, -0.25) is 9.69 Å². The van der Waals surface area contributed by atoms with Crippen molar-refractivity contribution in [3.05, 3.63) is 83.1 Å². The number of ether oxygens (including phenoxy) is 2. The summed E-state index contributed by atoms with van der Waals surface area (Å²) in [7, 11) is 1.61. The van der Waals surface area contributed by atoms with Gasteiger partial charge in [0.05, 0.1) is 29.7 Å². The molecule has 1 fully saturated rings. The first-order valence-electron chi connectivity index (χ1n) is 10.8. The highest BCUT2D eigenvalue weighted by Gasteiger charge is 2.45. The molecule has 2 aliphatic rings. The number of amides is 1. The topological polar surface area (TPSA) is 68.2 Å². The Hall–Kier alpha value is -3.32. The number of allylic oxidation sites excluding steroid dienone is 1. The highest BCUT2D eigenvalue weighted by molar-refractivity contribution is 8.15. The Balaban J connectivity index is 1.68. The highest BCUT2D eigenvalue weighted by atomic mass is 32.2. The summed E-state index contributed by atoms with van der Waals surface area (Å²) in [5.41, 5.74) is 2.67. The zero-order chi connectivity index (χ0) is 23.4. The van der Waals surface area contributed by atoms with Gasteiger partial charge in [0.1, 0.15) is 12.4 Å². The van der Waals surface area contributed by atoms with E-state index in [1.165, 1.54) is 11.8 Å². The number of fused-ring (bicyclic) bond motifs is 1. The molecule has 0 saturated carbocycles.